The molecule has 0 saturated carbocycles. The molecule has 0 atom stereocenters. The van der Waals surface area contributed by atoms with Crippen LogP contribution in [0.2, 0.25) is 0 Å². The monoisotopic (exact) mass is 476 g/mol. The van der Waals surface area contributed by atoms with Crippen molar-refractivity contribution in [3.8, 4) is 5.75 Å². The van der Waals surface area contributed by atoms with Gasteiger partial charge in [-0.3, -0.25) is 9.69 Å². The Balaban J connectivity index is 1.25. The number of nitrogens with zero attached hydrogens (tertiary/aromatic N) is 2. The topological polar surface area (TPSA) is 32.8 Å². The summed E-state index contributed by atoms with van der Waals surface area (Å²) in [6, 6.07) is 39.3. The van der Waals surface area contributed by atoms with E-state index in [-0.39, 0.29) is 11.9 Å². The van der Waals surface area contributed by atoms with Crippen molar-refractivity contribution < 1.29 is 9.53 Å². The number of benzene rings is 4. The highest BCUT2D eigenvalue weighted by atomic mass is 16.5. The molecular weight excluding hydrogens is 444 g/mol. The normalized spacial score (nSPS) is 14.1. The van der Waals surface area contributed by atoms with Crippen LogP contribution in [0.15, 0.2) is 115 Å². The molecule has 4 heteroatoms. The van der Waals surface area contributed by atoms with E-state index in [0.717, 1.165) is 19.5 Å². The standard InChI is InChI=1S/C32H32N2O2/c35-32(29-18-10-11-19-30(29)36-25-20-26-12-4-1-5-13-26)34-23-21-33(22-24-34)31(27-14-6-2-7-15-27)28-16-8-3-9-17-28/h1-19,31H,20-25H2. The molecule has 36 heavy (non-hydrogen) atoms. The molecule has 1 heterocycles. The van der Waals surface area contributed by atoms with E-state index in [1.54, 1.807) is 0 Å². The van der Waals surface area contributed by atoms with Gasteiger partial charge in [0.05, 0.1) is 18.2 Å². The summed E-state index contributed by atoms with van der Waals surface area (Å²) in [6.07, 6.45) is 0.808. The Bertz CT molecular complexity index is 1200. The van der Waals surface area contributed by atoms with Gasteiger partial charge in [-0.05, 0) is 28.8 Å². The van der Waals surface area contributed by atoms with Gasteiger partial charge in [-0.25, -0.2) is 0 Å². The van der Waals surface area contributed by atoms with Gasteiger partial charge in [-0.15, -0.1) is 0 Å². The van der Waals surface area contributed by atoms with Gasteiger partial charge in [-0.2, -0.15) is 0 Å². The Labute approximate surface area is 213 Å². The van der Waals surface area contributed by atoms with E-state index in [2.05, 4.69) is 77.7 Å². The molecule has 0 radical (unpaired) electrons. The molecule has 182 valence electrons. The summed E-state index contributed by atoms with van der Waals surface area (Å²) in [5.41, 5.74) is 4.42. The number of para-hydroxylation sites is 1. The molecule has 4 nitrogen and oxygen atoms in total. The van der Waals surface area contributed by atoms with E-state index in [4.69, 9.17) is 4.74 Å². The smallest absolute Gasteiger partial charge is 0.257 e. The zero-order valence-corrected chi connectivity index (χ0v) is 20.5. The molecule has 4 aromatic carbocycles. The van der Waals surface area contributed by atoms with Gasteiger partial charge in [-0.1, -0.05) is 103 Å². The second-order valence-corrected chi connectivity index (χ2v) is 9.13. The fraction of sp³-hybridized carbons (Fsp3) is 0.219. The predicted octanol–water partition coefficient (Wildman–Crippen LogP) is 5.86. The molecule has 1 aliphatic rings. The van der Waals surface area contributed by atoms with Crippen LogP contribution >= 0.6 is 0 Å². The minimum absolute atomic E-state index is 0.0425. The van der Waals surface area contributed by atoms with Gasteiger partial charge in [0.15, 0.2) is 0 Å². The van der Waals surface area contributed by atoms with Crippen LogP contribution in [0, 0.1) is 0 Å². The molecular formula is C32H32N2O2. The first-order valence-corrected chi connectivity index (χ1v) is 12.7. The molecule has 1 fully saturated rings. The SMILES string of the molecule is O=C(c1ccccc1OCCc1ccccc1)N1CCN(C(c2ccccc2)c2ccccc2)CC1. The number of carbonyl (C=O) groups excluding carboxylic acids is 1. The van der Waals surface area contributed by atoms with Gasteiger partial charge in [0.25, 0.3) is 5.91 Å². The molecule has 0 spiro atoms. The first-order valence-electron chi connectivity index (χ1n) is 12.7. The number of hydrogen-bond donors (Lipinski definition) is 0. The summed E-state index contributed by atoms with van der Waals surface area (Å²) < 4.78 is 6.07. The van der Waals surface area contributed by atoms with Crippen LogP contribution in [0.3, 0.4) is 0 Å². The van der Waals surface area contributed by atoms with Crippen LogP contribution in [-0.2, 0) is 6.42 Å². The van der Waals surface area contributed by atoms with Crippen LogP contribution in [0.4, 0.5) is 0 Å². The lowest BCUT2D eigenvalue weighted by molar-refractivity contribution is 0.0593. The Morgan fingerprint density at radius 2 is 1.19 bits per heavy atom. The van der Waals surface area contributed by atoms with Crippen molar-refractivity contribution in [1.29, 1.82) is 0 Å². The minimum Gasteiger partial charge on any atom is -0.492 e. The summed E-state index contributed by atoms with van der Waals surface area (Å²) in [6.45, 7) is 3.55. The molecule has 0 aliphatic carbocycles. The minimum atomic E-state index is 0.0425. The largest absolute Gasteiger partial charge is 0.492 e. The van der Waals surface area contributed by atoms with Crippen LogP contribution in [-0.4, -0.2) is 48.5 Å². The summed E-state index contributed by atoms with van der Waals surface area (Å²) in [4.78, 5) is 17.9. The Kier molecular flexibility index (Phi) is 7.74. The average Bonchev–Trinajstić information content (AvgIpc) is 2.95. The van der Waals surface area contributed by atoms with Crippen LogP contribution < -0.4 is 4.74 Å². The highest BCUT2D eigenvalue weighted by molar-refractivity contribution is 5.97. The number of piperazine rings is 1. The van der Waals surface area contributed by atoms with Crippen LogP contribution in [0.5, 0.6) is 5.75 Å². The lowest BCUT2D eigenvalue weighted by Crippen LogP contribution is -2.49. The van der Waals surface area contributed by atoms with Crippen molar-refractivity contribution in [3.63, 3.8) is 0 Å². The maximum Gasteiger partial charge on any atom is 0.257 e. The zero-order valence-electron chi connectivity index (χ0n) is 20.5. The maximum atomic E-state index is 13.5. The Hall–Kier alpha value is -3.89. The van der Waals surface area contributed by atoms with Gasteiger partial charge in [0, 0.05) is 32.6 Å². The number of rotatable bonds is 8. The molecule has 0 unspecified atom stereocenters. The Morgan fingerprint density at radius 3 is 1.81 bits per heavy atom. The van der Waals surface area contributed by atoms with Crippen molar-refractivity contribution in [2.75, 3.05) is 32.8 Å². The van der Waals surface area contributed by atoms with Crippen LogP contribution in [0.25, 0.3) is 0 Å². The van der Waals surface area contributed by atoms with E-state index in [9.17, 15) is 4.79 Å². The first-order chi connectivity index (χ1) is 17.8. The maximum absolute atomic E-state index is 13.5. The summed E-state index contributed by atoms with van der Waals surface area (Å²) in [5, 5.41) is 0. The summed E-state index contributed by atoms with van der Waals surface area (Å²) >= 11 is 0. The van der Waals surface area contributed by atoms with Gasteiger partial charge < -0.3 is 9.64 Å². The van der Waals surface area contributed by atoms with E-state index in [1.807, 2.05) is 47.4 Å². The second kappa shape index (κ2) is 11.7. The second-order valence-electron chi connectivity index (χ2n) is 9.13. The predicted molar refractivity (Wildman–Crippen MR) is 144 cm³/mol. The Morgan fingerprint density at radius 1 is 0.667 bits per heavy atom. The third-order valence-corrected chi connectivity index (χ3v) is 6.81. The molecule has 0 N–H and O–H groups in total. The fourth-order valence-corrected chi connectivity index (χ4v) is 4.93. The van der Waals surface area contributed by atoms with Gasteiger partial charge >= 0.3 is 0 Å². The summed E-state index contributed by atoms with van der Waals surface area (Å²) in [5.74, 6) is 0.702. The highest BCUT2D eigenvalue weighted by Gasteiger charge is 2.29. The van der Waals surface area contributed by atoms with Gasteiger partial charge in [0.2, 0.25) is 0 Å². The number of hydrogen-bond acceptors (Lipinski definition) is 3. The van der Waals surface area contributed by atoms with E-state index >= 15 is 0 Å². The first kappa shape index (κ1) is 23.8. The molecule has 4 aromatic rings. The molecule has 5 rings (SSSR count). The van der Waals surface area contributed by atoms with E-state index in [1.165, 1.54) is 16.7 Å². The zero-order chi connectivity index (χ0) is 24.6. The molecule has 1 aliphatic heterocycles. The lowest BCUT2D eigenvalue weighted by Gasteiger charge is -2.40. The van der Waals surface area contributed by atoms with Crippen molar-refractivity contribution in [1.82, 2.24) is 9.80 Å². The third kappa shape index (κ3) is 5.67. The molecule has 1 saturated heterocycles. The van der Waals surface area contributed by atoms with Gasteiger partial charge in [0.1, 0.15) is 5.75 Å². The lowest BCUT2D eigenvalue weighted by atomic mass is 9.96. The van der Waals surface area contributed by atoms with Crippen LogP contribution in [0.1, 0.15) is 33.1 Å². The number of ether oxygens (including phenoxy) is 1. The highest BCUT2D eigenvalue weighted by Crippen LogP contribution is 2.30. The summed E-state index contributed by atoms with van der Waals surface area (Å²) in [7, 11) is 0. The molecule has 0 aromatic heterocycles. The third-order valence-electron chi connectivity index (χ3n) is 6.81. The average molecular weight is 477 g/mol. The van der Waals surface area contributed by atoms with Crippen molar-refractivity contribution >= 4 is 5.91 Å². The number of amides is 1. The van der Waals surface area contributed by atoms with Crippen molar-refractivity contribution in [3.05, 3.63) is 138 Å². The van der Waals surface area contributed by atoms with E-state index in [0.29, 0.717) is 31.0 Å². The molecule has 0 bridgehead atoms. The quantitative estimate of drug-likeness (QED) is 0.320. The molecule has 1 amide bonds. The van der Waals surface area contributed by atoms with Crippen molar-refractivity contribution in [2.45, 2.75) is 12.5 Å². The number of carbonyl (C=O) groups is 1. The fourth-order valence-electron chi connectivity index (χ4n) is 4.93. The van der Waals surface area contributed by atoms with Crippen molar-refractivity contribution in [2.24, 2.45) is 0 Å². The van der Waals surface area contributed by atoms with E-state index < -0.39 is 0 Å².